The normalized spacial score (nSPS) is 13.9. The van der Waals surface area contributed by atoms with Gasteiger partial charge in [0.25, 0.3) is 5.69 Å². The van der Waals surface area contributed by atoms with E-state index in [1.807, 2.05) is 6.92 Å². The zero-order valence-electron chi connectivity index (χ0n) is 11.5. The number of aliphatic hydroxyl groups is 1. The molecule has 1 aromatic carbocycles. The van der Waals surface area contributed by atoms with Crippen LogP contribution in [0.4, 0.5) is 5.69 Å². The van der Waals surface area contributed by atoms with Crippen LogP contribution in [0, 0.1) is 17.0 Å². The maximum atomic E-state index is 10.7. The molecule has 1 unspecified atom stereocenters. The average Bonchev–Trinajstić information content (AvgIpc) is 2.34. The predicted molar refractivity (Wildman–Crippen MR) is 72.5 cm³/mol. The molecule has 0 aromatic heterocycles. The van der Waals surface area contributed by atoms with Crippen molar-refractivity contribution in [1.82, 2.24) is 5.32 Å². The van der Waals surface area contributed by atoms with Crippen LogP contribution in [-0.2, 0) is 0 Å². The van der Waals surface area contributed by atoms with E-state index in [9.17, 15) is 15.2 Å². The molecule has 19 heavy (non-hydrogen) atoms. The van der Waals surface area contributed by atoms with Crippen LogP contribution < -0.4 is 10.1 Å². The average molecular weight is 268 g/mol. The van der Waals surface area contributed by atoms with Crippen molar-refractivity contribution in [2.45, 2.75) is 26.4 Å². The van der Waals surface area contributed by atoms with Crippen LogP contribution in [0.3, 0.4) is 0 Å². The van der Waals surface area contributed by atoms with Crippen molar-refractivity contribution in [1.29, 1.82) is 0 Å². The zero-order valence-corrected chi connectivity index (χ0v) is 11.5. The van der Waals surface area contributed by atoms with Gasteiger partial charge in [0.15, 0.2) is 0 Å². The summed E-state index contributed by atoms with van der Waals surface area (Å²) in [5.41, 5.74) is -0.383. The Morgan fingerprint density at radius 3 is 2.74 bits per heavy atom. The van der Waals surface area contributed by atoms with E-state index in [1.165, 1.54) is 12.1 Å². The molecular weight excluding hydrogens is 248 g/mol. The molecule has 0 amide bonds. The lowest BCUT2D eigenvalue weighted by Crippen LogP contribution is -2.42. The van der Waals surface area contributed by atoms with E-state index >= 15 is 0 Å². The number of likely N-dealkylation sites (N-methyl/N-ethyl adjacent to an activating group) is 1. The summed E-state index contributed by atoms with van der Waals surface area (Å²) in [7, 11) is 0. The summed E-state index contributed by atoms with van der Waals surface area (Å²) in [5, 5.41) is 23.7. The molecule has 6 heteroatoms. The highest BCUT2D eigenvalue weighted by atomic mass is 16.6. The Kier molecular flexibility index (Phi) is 5.26. The van der Waals surface area contributed by atoms with Crippen LogP contribution >= 0.6 is 0 Å². The standard InChI is InChI=1S/C13H20N2O4/c1-4-14-8-13(3,16)9-19-11-5-6-12(15(17)18)10(2)7-11/h5-7,14,16H,4,8-9H2,1-3H3. The summed E-state index contributed by atoms with van der Waals surface area (Å²) >= 11 is 0. The van der Waals surface area contributed by atoms with Crippen molar-refractivity contribution < 1.29 is 14.8 Å². The number of nitrogens with zero attached hydrogens (tertiary/aromatic N) is 1. The molecule has 0 aliphatic rings. The van der Waals surface area contributed by atoms with E-state index in [0.29, 0.717) is 17.9 Å². The van der Waals surface area contributed by atoms with Gasteiger partial charge in [-0.3, -0.25) is 10.1 Å². The number of nitro groups is 1. The van der Waals surface area contributed by atoms with E-state index in [1.54, 1.807) is 19.9 Å². The first-order valence-electron chi connectivity index (χ1n) is 6.16. The van der Waals surface area contributed by atoms with Crippen LogP contribution in [0.15, 0.2) is 18.2 Å². The highest BCUT2D eigenvalue weighted by molar-refractivity contribution is 5.44. The highest BCUT2D eigenvalue weighted by Gasteiger charge is 2.21. The van der Waals surface area contributed by atoms with Crippen molar-refractivity contribution in [2.75, 3.05) is 19.7 Å². The van der Waals surface area contributed by atoms with Gasteiger partial charge in [0.2, 0.25) is 0 Å². The van der Waals surface area contributed by atoms with E-state index in [-0.39, 0.29) is 12.3 Å². The maximum Gasteiger partial charge on any atom is 0.272 e. The lowest BCUT2D eigenvalue weighted by Gasteiger charge is -2.23. The number of nitrogens with one attached hydrogen (secondary N) is 1. The van der Waals surface area contributed by atoms with Gasteiger partial charge >= 0.3 is 0 Å². The number of nitro benzene ring substituents is 1. The fourth-order valence-electron chi connectivity index (χ4n) is 1.61. The molecule has 0 saturated heterocycles. The summed E-state index contributed by atoms with van der Waals surface area (Å²) < 4.78 is 5.47. The fourth-order valence-corrected chi connectivity index (χ4v) is 1.61. The third kappa shape index (κ3) is 4.84. The molecule has 1 aromatic rings. The topological polar surface area (TPSA) is 84.6 Å². The Labute approximate surface area is 112 Å². The van der Waals surface area contributed by atoms with Gasteiger partial charge in [0.1, 0.15) is 18.0 Å². The van der Waals surface area contributed by atoms with Gasteiger partial charge in [0.05, 0.1) is 4.92 Å². The molecular formula is C13H20N2O4. The second kappa shape index (κ2) is 6.49. The highest BCUT2D eigenvalue weighted by Crippen LogP contribution is 2.23. The second-order valence-electron chi connectivity index (χ2n) is 4.77. The van der Waals surface area contributed by atoms with Crippen molar-refractivity contribution in [3.63, 3.8) is 0 Å². The second-order valence-corrected chi connectivity index (χ2v) is 4.77. The minimum Gasteiger partial charge on any atom is -0.491 e. The molecule has 6 nitrogen and oxygen atoms in total. The predicted octanol–water partition coefficient (Wildman–Crippen LogP) is 1.64. The van der Waals surface area contributed by atoms with E-state index < -0.39 is 10.5 Å². The Balaban J connectivity index is 2.63. The number of aryl methyl sites for hydroxylation is 1. The van der Waals surface area contributed by atoms with E-state index in [2.05, 4.69) is 5.32 Å². The van der Waals surface area contributed by atoms with Crippen LogP contribution in [0.5, 0.6) is 5.75 Å². The molecule has 1 atom stereocenters. The van der Waals surface area contributed by atoms with E-state index in [0.717, 1.165) is 6.54 Å². The molecule has 2 N–H and O–H groups in total. The fraction of sp³-hybridized carbons (Fsp3) is 0.538. The minimum absolute atomic E-state index is 0.0618. The lowest BCUT2D eigenvalue weighted by molar-refractivity contribution is -0.385. The molecule has 0 spiro atoms. The first-order valence-corrected chi connectivity index (χ1v) is 6.16. The Bertz CT molecular complexity index is 446. The molecule has 1 rings (SSSR count). The quantitative estimate of drug-likeness (QED) is 0.580. The Morgan fingerprint density at radius 1 is 1.53 bits per heavy atom. The summed E-state index contributed by atoms with van der Waals surface area (Å²) in [6.07, 6.45) is 0. The van der Waals surface area contributed by atoms with Crippen LogP contribution in [-0.4, -0.2) is 35.3 Å². The van der Waals surface area contributed by atoms with Crippen molar-refractivity contribution in [3.05, 3.63) is 33.9 Å². The molecule has 0 saturated carbocycles. The first kappa shape index (κ1) is 15.4. The molecule has 0 heterocycles. The third-order valence-corrected chi connectivity index (χ3v) is 2.67. The smallest absolute Gasteiger partial charge is 0.272 e. The minimum atomic E-state index is -0.980. The lowest BCUT2D eigenvalue weighted by atomic mass is 10.1. The molecule has 0 aliphatic carbocycles. The molecule has 0 fully saturated rings. The summed E-state index contributed by atoms with van der Waals surface area (Å²) in [6, 6.07) is 4.54. The monoisotopic (exact) mass is 268 g/mol. The largest absolute Gasteiger partial charge is 0.491 e. The maximum absolute atomic E-state index is 10.7. The summed E-state index contributed by atoms with van der Waals surface area (Å²) in [6.45, 7) is 6.60. The molecule has 0 bridgehead atoms. The number of hydrogen-bond donors (Lipinski definition) is 2. The first-order chi connectivity index (χ1) is 8.85. The molecule has 106 valence electrons. The van der Waals surface area contributed by atoms with Gasteiger partial charge in [-0.15, -0.1) is 0 Å². The Hall–Kier alpha value is -1.66. The van der Waals surface area contributed by atoms with Crippen molar-refractivity contribution >= 4 is 5.69 Å². The summed E-state index contributed by atoms with van der Waals surface area (Å²) in [4.78, 5) is 10.3. The third-order valence-electron chi connectivity index (χ3n) is 2.67. The van der Waals surface area contributed by atoms with Crippen LogP contribution in [0.1, 0.15) is 19.4 Å². The van der Waals surface area contributed by atoms with Crippen LogP contribution in [0.25, 0.3) is 0 Å². The van der Waals surface area contributed by atoms with Gasteiger partial charge in [-0.25, -0.2) is 0 Å². The van der Waals surface area contributed by atoms with Crippen molar-refractivity contribution in [3.8, 4) is 5.75 Å². The van der Waals surface area contributed by atoms with Gasteiger partial charge in [-0.1, -0.05) is 6.92 Å². The number of rotatable bonds is 7. The number of benzene rings is 1. The van der Waals surface area contributed by atoms with Gasteiger partial charge < -0.3 is 15.2 Å². The van der Waals surface area contributed by atoms with Crippen LogP contribution in [0.2, 0.25) is 0 Å². The SMILES string of the molecule is CCNCC(C)(O)COc1ccc([N+](=O)[O-])c(C)c1. The van der Waals surface area contributed by atoms with E-state index in [4.69, 9.17) is 4.74 Å². The number of hydrogen-bond acceptors (Lipinski definition) is 5. The Morgan fingerprint density at radius 2 is 2.21 bits per heavy atom. The number of ether oxygens (including phenoxy) is 1. The van der Waals surface area contributed by atoms with Gasteiger partial charge in [-0.2, -0.15) is 0 Å². The zero-order chi connectivity index (χ0) is 14.5. The van der Waals surface area contributed by atoms with Gasteiger partial charge in [0, 0.05) is 18.2 Å². The molecule has 0 aliphatic heterocycles. The summed E-state index contributed by atoms with van der Waals surface area (Å²) in [5.74, 6) is 0.514. The van der Waals surface area contributed by atoms with Gasteiger partial charge in [-0.05, 0) is 32.5 Å². The molecule has 0 radical (unpaired) electrons. The van der Waals surface area contributed by atoms with Crippen molar-refractivity contribution in [2.24, 2.45) is 0 Å².